The minimum absolute atomic E-state index is 0. The van der Waals surface area contributed by atoms with Gasteiger partial charge in [0.2, 0.25) is 0 Å². The molecule has 1 rings (SSSR count). The van der Waals surface area contributed by atoms with Gasteiger partial charge in [0.05, 0.1) is 13.2 Å². The quantitative estimate of drug-likeness (QED) is 0.750. The van der Waals surface area contributed by atoms with Crippen molar-refractivity contribution in [1.29, 1.82) is 0 Å². The van der Waals surface area contributed by atoms with E-state index < -0.39 is 0 Å². The summed E-state index contributed by atoms with van der Waals surface area (Å²) < 4.78 is 5.21. The number of nitrogens with two attached hydrogens (primary N) is 1. The maximum absolute atomic E-state index is 5.39. The molecule has 0 aromatic heterocycles. The van der Waals surface area contributed by atoms with E-state index in [4.69, 9.17) is 10.5 Å². The Balaban J connectivity index is 0.000001000. The van der Waals surface area contributed by atoms with Crippen molar-refractivity contribution in [1.82, 2.24) is 4.90 Å². The largest absolute Gasteiger partial charge is 0.379 e. The van der Waals surface area contributed by atoms with Gasteiger partial charge in [-0.15, -0.1) is 24.0 Å². The molecule has 0 atom stereocenters. The Labute approximate surface area is 85.3 Å². The van der Waals surface area contributed by atoms with E-state index in [1.165, 1.54) is 0 Å². The number of ether oxygens (including phenoxy) is 1. The first-order valence-corrected chi connectivity index (χ1v) is 3.93. The second-order valence-electron chi connectivity index (χ2n) is 2.60. The lowest BCUT2D eigenvalue weighted by Gasteiger charge is -2.26. The third-order valence-corrected chi connectivity index (χ3v) is 1.78. The average molecular weight is 272 g/mol. The molecule has 1 aliphatic rings. The van der Waals surface area contributed by atoms with Crippen LogP contribution in [0.4, 0.5) is 0 Å². The fraction of sp³-hybridized carbons (Fsp3) is 1.00. The van der Waals surface area contributed by atoms with Crippen LogP contribution in [0.3, 0.4) is 0 Å². The Kier molecular flexibility index (Phi) is 7.67. The van der Waals surface area contributed by atoms with Crippen LogP contribution < -0.4 is 5.73 Å². The van der Waals surface area contributed by atoms with Crippen molar-refractivity contribution in [3.63, 3.8) is 0 Å². The molecule has 0 radical (unpaired) electrons. The van der Waals surface area contributed by atoms with E-state index in [0.717, 1.165) is 45.8 Å². The molecule has 0 spiro atoms. The number of hydrogen-bond acceptors (Lipinski definition) is 3. The Hall–Kier alpha value is 0.610. The third kappa shape index (κ3) is 4.95. The number of morpholine rings is 1. The first-order valence-electron chi connectivity index (χ1n) is 3.93. The van der Waals surface area contributed by atoms with Crippen LogP contribution in [-0.4, -0.2) is 44.3 Å². The van der Waals surface area contributed by atoms with Crippen molar-refractivity contribution in [3.05, 3.63) is 0 Å². The monoisotopic (exact) mass is 272 g/mol. The predicted octanol–water partition coefficient (Wildman–Crippen LogP) is 0.285. The van der Waals surface area contributed by atoms with Gasteiger partial charge in [-0.05, 0) is 19.5 Å². The van der Waals surface area contributed by atoms with Crippen LogP contribution in [0.25, 0.3) is 0 Å². The minimum Gasteiger partial charge on any atom is -0.379 e. The molecule has 11 heavy (non-hydrogen) atoms. The predicted molar refractivity (Wildman–Crippen MR) is 56.3 cm³/mol. The van der Waals surface area contributed by atoms with Crippen molar-refractivity contribution < 1.29 is 4.74 Å². The van der Waals surface area contributed by atoms with Gasteiger partial charge in [0.1, 0.15) is 0 Å². The Bertz CT molecular complexity index is 86.5. The van der Waals surface area contributed by atoms with E-state index in [1.54, 1.807) is 0 Å². The van der Waals surface area contributed by atoms with Crippen LogP contribution in [0, 0.1) is 0 Å². The summed E-state index contributed by atoms with van der Waals surface area (Å²) in [5, 5.41) is 0. The zero-order chi connectivity index (χ0) is 7.23. The molecule has 0 aromatic rings. The lowest BCUT2D eigenvalue weighted by Crippen LogP contribution is -2.37. The number of halogens is 1. The summed E-state index contributed by atoms with van der Waals surface area (Å²) in [5.74, 6) is 0. The summed E-state index contributed by atoms with van der Waals surface area (Å²) in [4.78, 5) is 2.40. The Morgan fingerprint density at radius 2 is 1.91 bits per heavy atom. The molecule has 1 heterocycles. The molecule has 1 saturated heterocycles. The van der Waals surface area contributed by atoms with Crippen molar-refractivity contribution in [2.45, 2.75) is 6.42 Å². The topological polar surface area (TPSA) is 38.5 Å². The van der Waals surface area contributed by atoms with Gasteiger partial charge in [-0.1, -0.05) is 0 Å². The molecule has 68 valence electrons. The van der Waals surface area contributed by atoms with E-state index in [-0.39, 0.29) is 24.0 Å². The normalized spacial score (nSPS) is 19.4. The van der Waals surface area contributed by atoms with Crippen molar-refractivity contribution in [2.24, 2.45) is 5.73 Å². The lowest BCUT2D eigenvalue weighted by atomic mass is 10.3. The van der Waals surface area contributed by atoms with Gasteiger partial charge >= 0.3 is 0 Å². The fourth-order valence-corrected chi connectivity index (χ4v) is 1.14. The molecule has 0 aromatic carbocycles. The maximum atomic E-state index is 5.39. The SMILES string of the molecule is I.NCCCN1CCOCC1. The summed E-state index contributed by atoms with van der Waals surface area (Å²) >= 11 is 0. The molecule has 0 aliphatic carbocycles. The van der Waals surface area contributed by atoms with Gasteiger partial charge in [0, 0.05) is 13.1 Å². The summed E-state index contributed by atoms with van der Waals surface area (Å²) in [6, 6.07) is 0. The first-order chi connectivity index (χ1) is 4.93. The number of nitrogens with zero attached hydrogens (tertiary/aromatic N) is 1. The highest BCUT2D eigenvalue weighted by atomic mass is 127. The van der Waals surface area contributed by atoms with Gasteiger partial charge in [0.15, 0.2) is 0 Å². The second kappa shape index (κ2) is 7.27. The molecular weight excluding hydrogens is 255 g/mol. The highest BCUT2D eigenvalue weighted by molar-refractivity contribution is 14.0. The minimum atomic E-state index is 0. The molecule has 0 bridgehead atoms. The molecule has 2 N–H and O–H groups in total. The molecule has 1 fully saturated rings. The van der Waals surface area contributed by atoms with Crippen molar-refractivity contribution >= 4 is 24.0 Å². The molecular formula is C7H17IN2O. The number of rotatable bonds is 3. The lowest BCUT2D eigenvalue weighted by molar-refractivity contribution is 0.0377. The van der Waals surface area contributed by atoms with Gasteiger partial charge in [-0.25, -0.2) is 0 Å². The zero-order valence-electron chi connectivity index (χ0n) is 6.79. The summed E-state index contributed by atoms with van der Waals surface area (Å²) in [7, 11) is 0. The van der Waals surface area contributed by atoms with E-state index in [9.17, 15) is 0 Å². The van der Waals surface area contributed by atoms with Gasteiger partial charge < -0.3 is 10.5 Å². The van der Waals surface area contributed by atoms with Crippen molar-refractivity contribution in [2.75, 3.05) is 39.4 Å². The highest BCUT2D eigenvalue weighted by Crippen LogP contribution is 1.96. The molecule has 1 aliphatic heterocycles. The van der Waals surface area contributed by atoms with Crippen LogP contribution >= 0.6 is 24.0 Å². The van der Waals surface area contributed by atoms with Crippen LogP contribution in [0.2, 0.25) is 0 Å². The van der Waals surface area contributed by atoms with Crippen molar-refractivity contribution in [3.8, 4) is 0 Å². The molecule has 4 heteroatoms. The average Bonchev–Trinajstić information content (AvgIpc) is 2.03. The Morgan fingerprint density at radius 3 is 2.45 bits per heavy atom. The van der Waals surface area contributed by atoms with Gasteiger partial charge in [-0.2, -0.15) is 0 Å². The van der Waals surface area contributed by atoms with Crippen LogP contribution in [0.1, 0.15) is 6.42 Å². The molecule has 0 saturated carbocycles. The van der Waals surface area contributed by atoms with Crippen LogP contribution in [-0.2, 0) is 4.74 Å². The summed E-state index contributed by atoms with van der Waals surface area (Å²) in [5.41, 5.74) is 5.39. The van der Waals surface area contributed by atoms with Crippen LogP contribution in [0.15, 0.2) is 0 Å². The van der Waals surface area contributed by atoms with Gasteiger partial charge in [-0.3, -0.25) is 4.90 Å². The zero-order valence-corrected chi connectivity index (χ0v) is 9.12. The van der Waals surface area contributed by atoms with E-state index >= 15 is 0 Å². The smallest absolute Gasteiger partial charge is 0.0594 e. The third-order valence-electron chi connectivity index (χ3n) is 1.78. The molecule has 0 unspecified atom stereocenters. The highest BCUT2D eigenvalue weighted by Gasteiger charge is 2.07. The molecule has 0 amide bonds. The van der Waals surface area contributed by atoms with Gasteiger partial charge in [0.25, 0.3) is 0 Å². The van der Waals surface area contributed by atoms with E-state index in [1.807, 2.05) is 0 Å². The Morgan fingerprint density at radius 1 is 1.27 bits per heavy atom. The summed E-state index contributed by atoms with van der Waals surface area (Å²) in [6.07, 6.45) is 1.11. The first kappa shape index (κ1) is 11.6. The second-order valence-corrected chi connectivity index (χ2v) is 2.60. The van der Waals surface area contributed by atoms with E-state index in [0.29, 0.717) is 0 Å². The van der Waals surface area contributed by atoms with Crippen LogP contribution in [0.5, 0.6) is 0 Å². The maximum Gasteiger partial charge on any atom is 0.0594 e. The number of hydrogen-bond donors (Lipinski definition) is 1. The molecule has 3 nitrogen and oxygen atoms in total. The summed E-state index contributed by atoms with van der Waals surface area (Å²) in [6.45, 7) is 5.90. The fourth-order valence-electron chi connectivity index (χ4n) is 1.14. The standard InChI is InChI=1S/C7H16N2O.HI/c8-2-1-3-9-4-6-10-7-5-9;/h1-8H2;1H. The van der Waals surface area contributed by atoms with E-state index in [2.05, 4.69) is 4.90 Å².